The lowest BCUT2D eigenvalue weighted by Crippen LogP contribution is -1.98. The summed E-state index contributed by atoms with van der Waals surface area (Å²) in [6, 6.07) is 11.8. The normalized spacial score (nSPS) is 11.2. The molecule has 0 fully saturated rings. The smallest absolute Gasteiger partial charge is 0.330 e. The van der Waals surface area contributed by atoms with Crippen molar-refractivity contribution in [2.24, 2.45) is 0 Å². The third-order valence-electron chi connectivity index (χ3n) is 3.36. The van der Waals surface area contributed by atoms with E-state index >= 15 is 0 Å². The number of imidazole rings is 1. The molecule has 0 amide bonds. The van der Waals surface area contributed by atoms with Crippen molar-refractivity contribution in [3.8, 4) is 0 Å². The number of nitrogens with one attached hydrogen (secondary N) is 1. The van der Waals surface area contributed by atoms with Gasteiger partial charge in [-0.25, -0.2) is 14.8 Å². The fourth-order valence-corrected chi connectivity index (χ4v) is 2.27. The molecular weight excluding hydrogens is 290 g/mol. The van der Waals surface area contributed by atoms with E-state index in [4.69, 9.17) is 4.74 Å². The molecule has 3 rings (SSSR count). The number of nitrogens with zero attached hydrogens (tertiary/aromatic N) is 2. The molecule has 3 aromatic rings. The number of H-pyrrole nitrogens is 1. The Morgan fingerprint density at radius 1 is 1.26 bits per heavy atom. The number of aromatic nitrogens is 3. The topological polar surface area (TPSA) is 67.9 Å². The monoisotopic (exact) mass is 307 g/mol. The predicted molar refractivity (Wildman–Crippen MR) is 88.8 cm³/mol. The van der Waals surface area contributed by atoms with Crippen molar-refractivity contribution < 1.29 is 9.53 Å². The highest BCUT2D eigenvalue weighted by Gasteiger charge is 2.04. The van der Waals surface area contributed by atoms with Crippen molar-refractivity contribution in [3.63, 3.8) is 0 Å². The number of pyridine rings is 1. The molecule has 0 spiro atoms. The van der Waals surface area contributed by atoms with Gasteiger partial charge in [0.25, 0.3) is 0 Å². The third kappa shape index (κ3) is 3.83. The molecule has 0 unspecified atom stereocenters. The van der Waals surface area contributed by atoms with Crippen molar-refractivity contribution >= 4 is 23.2 Å². The molecule has 0 atom stereocenters. The van der Waals surface area contributed by atoms with Gasteiger partial charge in [0.15, 0.2) is 5.65 Å². The summed E-state index contributed by atoms with van der Waals surface area (Å²) in [5.41, 5.74) is 3.76. The van der Waals surface area contributed by atoms with Crippen LogP contribution in [0.2, 0.25) is 0 Å². The molecule has 0 bridgehead atoms. The van der Waals surface area contributed by atoms with Gasteiger partial charge in [0.2, 0.25) is 0 Å². The summed E-state index contributed by atoms with van der Waals surface area (Å²) in [4.78, 5) is 23.2. The molecule has 0 radical (unpaired) electrons. The van der Waals surface area contributed by atoms with Crippen LogP contribution in [0.3, 0.4) is 0 Å². The summed E-state index contributed by atoms with van der Waals surface area (Å²) < 4.78 is 4.85. The van der Waals surface area contributed by atoms with Crippen molar-refractivity contribution in [2.45, 2.75) is 13.3 Å². The maximum atomic E-state index is 11.3. The molecule has 1 aromatic carbocycles. The van der Waals surface area contributed by atoms with Gasteiger partial charge in [0, 0.05) is 18.7 Å². The molecule has 0 aliphatic rings. The Morgan fingerprint density at radius 2 is 2.09 bits per heavy atom. The average molecular weight is 307 g/mol. The Labute approximate surface area is 134 Å². The molecule has 116 valence electrons. The molecule has 0 aliphatic heterocycles. The Morgan fingerprint density at radius 3 is 2.83 bits per heavy atom. The number of fused-ring (bicyclic) bond motifs is 1. The number of aromatic amines is 1. The molecule has 5 nitrogen and oxygen atoms in total. The number of hydrogen-bond donors (Lipinski definition) is 1. The van der Waals surface area contributed by atoms with Crippen LogP contribution < -0.4 is 0 Å². The van der Waals surface area contributed by atoms with Crippen molar-refractivity contribution in [1.82, 2.24) is 15.0 Å². The molecule has 0 aliphatic carbocycles. The number of benzene rings is 1. The first-order valence-corrected chi connectivity index (χ1v) is 7.48. The average Bonchev–Trinajstić information content (AvgIpc) is 2.97. The van der Waals surface area contributed by atoms with Gasteiger partial charge in [-0.2, -0.15) is 0 Å². The van der Waals surface area contributed by atoms with Crippen LogP contribution in [0.25, 0.3) is 17.2 Å². The first-order valence-electron chi connectivity index (χ1n) is 7.48. The second-order valence-corrected chi connectivity index (χ2v) is 5.06. The van der Waals surface area contributed by atoms with Crippen molar-refractivity contribution in [1.29, 1.82) is 0 Å². The fourth-order valence-electron chi connectivity index (χ4n) is 2.27. The van der Waals surface area contributed by atoms with E-state index in [1.54, 1.807) is 19.2 Å². The maximum absolute atomic E-state index is 11.3. The fraction of sp³-hybridized carbons (Fsp3) is 0.167. The third-order valence-corrected chi connectivity index (χ3v) is 3.36. The second kappa shape index (κ2) is 6.87. The summed E-state index contributed by atoms with van der Waals surface area (Å²) >= 11 is 0. The van der Waals surface area contributed by atoms with Gasteiger partial charge >= 0.3 is 5.97 Å². The van der Waals surface area contributed by atoms with E-state index < -0.39 is 0 Å². The lowest BCUT2D eigenvalue weighted by Gasteiger charge is -2.00. The molecule has 2 aromatic heterocycles. The highest BCUT2D eigenvalue weighted by Crippen LogP contribution is 2.13. The minimum atomic E-state index is -0.327. The highest BCUT2D eigenvalue weighted by atomic mass is 16.5. The Balaban J connectivity index is 1.68. The van der Waals surface area contributed by atoms with Crippen LogP contribution in [0.5, 0.6) is 0 Å². The Kier molecular flexibility index (Phi) is 4.47. The predicted octanol–water partition coefficient (Wildman–Crippen LogP) is 3.13. The van der Waals surface area contributed by atoms with Gasteiger partial charge in [-0.15, -0.1) is 0 Å². The van der Waals surface area contributed by atoms with Crippen LogP contribution in [-0.4, -0.2) is 27.5 Å². The minimum Gasteiger partial charge on any atom is -0.463 e. The Hall–Kier alpha value is -2.95. The largest absolute Gasteiger partial charge is 0.463 e. The molecule has 0 saturated carbocycles. The summed E-state index contributed by atoms with van der Waals surface area (Å²) in [7, 11) is 0. The van der Waals surface area contributed by atoms with Crippen LogP contribution in [-0.2, 0) is 16.0 Å². The quantitative estimate of drug-likeness (QED) is 0.581. The van der Waals surface area contributed by atoms with Gasteiger partial charge in [-0.3, -0.25) is 0 Å². The van der Waals surface area contributed by atoms with Crippen LogP contribution in [0.15, 0.2) is 48.7 Å². The lowest BCUT2D eigenvalue weighted by molar-refractivity contribution is -0.137. The van der Waals surface area contributed by atoms with Gasteiger partial charge in [-0.05, 0) is 36.3 Å². The van der Waals surface area contributed by atoms with Crippen LogP contribution >= 0.6 is 0 Å². The van der Waals surface area contributed by atoms with Crippen LogP contribution in [0, 0.1) is 0 Å². The van der Waals surface area contributed by atoms with E-state index in [0.29, 0.717) is 13.0 Å². The zero-order chi connectivity index (χ0) is 16.1. The number of carbonyl (C=O) groups excluding carboxylic acids is 1. The highest BCUT2D eigenvalue weighted by molar-refractivity contribution is 5.87. The minimum absolute atomic E-state index is 0.327. The van der Waals surface area contributed by atoms with Crippen LogP contribution in [0.4, 0.5) is 0 Å². The summed E-state index contributed by atoms with van der Waals surface area (Å²) in [5.74, 6) is 0.555. The number of hydrogen-bond acceptors (Lipinski definition) is 4. The number of esters is 1. The van der Waals surface area contributed by atoms with Gasteiger partial charge in [-0.1, -0.05) is 24.3 Å². The second-order valence-electron chi connectivity index (χ2n) is 5.06. The number of ether oxygens (including phenoxy) is 1. The maximum Gasteiger partial charge on any atom is 0.330 e. The standard InChI is InChI=1S/C18H17N3O2/c1-2-23-17(22)10-9-13-5-7-14(8-6-13)12-16-20-15-4-3-11-19-18(15)21-16/h3-11H,2,12H2,1H3,(H,19,20,21). The van der Waals surface area contributed by atoms with E-state index in [1.807, 2.05) is 36.4 Å². The molecule has 23 heavy (non-hydrogen) atoms. The van der Waals surface area contributed by atoms with Gasteiger partial charge in [0.1, 0.15) is 5.82 Å². The summed E-state index contributed by atoms with van der Waals surface area (Å²) in [6.45, 7) is 2.17. The summed E-state index contributed by atoms with van der Waals surface area (Å²) in [6.07, 6.45) is 5.62. The zero-order valence-electron chi connectivity index (χ0n) is 12.8. The molecule has 5 heteroatoms. The molecule has 0 saturated heterocycles. The SMILES string of the molecule is CCOC(=O)C=Cc1ccc(Cc2nc3ncccc3[nH]2)cc1. The molecule has 2 heterocycles. The van der Waals surface area contributed by atoms with E-state index in [0.717, 1.165) is 28.1 Å². The van der Waals surface area contributed by atoms with E-state index in [9.17, 15) is 4.79 Å². The van der Waals surface area contributed by atoms with Crippen LogP contribution in [0.1, 0.15) is 23.9 Å². The van der Waals surface area contributed by atoms with Gasteiger partial charge < -0.3 is 9.72 Å². The number of carbonyl (C=O) groups is 1. The molecule has 1 N–H and O–H groups in total. The summed E-state index contributed by atoms with van der Waals surface area (Å²) in [5, 5.41) is 0. The first-order chi connectivity index (χ1) is 11.2. The lowest BCUT2D eigenvalue weighted by atomic mass is 10.1. The zero-order valence-corrected chi connectivity index (χ0v) is 12.8. The molecular formula is C18H17N3O2. The first kappa shape index (κ1) is 15.0. The van der Waals surface area contributed by atoms with E-state index in [1.165, 1.54) is 6.08 Å². The van der Waals surface area contributed by atoms with E-state index in [-0.39, 0.29) is 5.97 Å². The number of rotatable bonds is 5. The van der Waals surface area contributed by atoms with Crippen molar-refractivity contribution in [2.75, 3.05) is 6.61 Å². The van der Waals surface area contributed by atoms with Crippen molar-refractivity contribution in [3.05, 3.63) is 65.6 Å². The van der Waals surface area contributed by atoms with E-state index in [2.05, 4.69) is 15.0 Å². The van der Waals surface area contributed by atoms with Gasteiger partial charge in [0.05, 0.1) is 12.1 Å². The Bertz CT molecular complexity index is 802.